The third-order valence-electron chi connectivity index (χ3n) is 3.52. The number of rotatable bonds is 1. The molecular formula is C16H14N2O2. The van der Waals surface area contributed by atoms with Crippen LogP contribution < -0.4 is 10.6 Å². The fraction of sp³-hybridized carbons (Fsp3) is 0.125. The van der Waals surface area contributed by atoms with Gasteiger partial charge in [-0.2, -0.15) is 0 Å². The second-order valence-corrected chi connectivity index (χ2v) is 5.04. The first kappa shape index (κ1) is 12.4. The molecule has 4 nitrogen and oxygen atoms in total. The number of aryl methyl sites for hydroxylation is 2. The van der Waals surface area contributed by atoms with Gasteiger partial charge in [-0.25, -0.2) is 4.90 Å². The van der Waals surface area contributed by atoms with Crippen molar-refractivity contribution in [2.24, 2.45) is 0 Å². The molecular weight excluding hydrogens is 252 g/mol. The lowest BCUT2D eigenvalue weighted by Crippen LogP contribution is -2.30. The third kappa shape index (κ3) is 1.69. The van der Waals surface area contributed by atoms with E-state index in [1.54, 1.807) is 18.2 Å². The molecule has 2 N–H and O–H groups in total. The lowest BCUT2D eigenvalue weighted by molar-refractivity contribution is 0.0926. The van der Waals surface area contributed by atoms with Gasteiger partial charge in [0.2, 0.25) is 0 Å². The maximum Gasteiger partial charge on any atom is 0.266 e. The highest BCUT2D eigenvalue weighted by atomic mass is 16.2. The van der Waals surface area contributed by atoms with Crippen molar-refractivity contribution < 1.29 is 9.59 Å². The Bertz CT molecular complexity index is 750. The lowest BCUT2D eigenvalue weighted by Gasteiger charge is -2.17. The van der Waals surface area contributed by atoms with Crippen LogP contribution in [0, 0.1) is 13.8 Å². The number of nitrogens with two attached hydrogens (primary N) is 1. The monoisotopic (exact) mass is 266 g/mol. The van der Waals surface area contributed by atoms with Crippen molar-refractivity contribution in [1.82, 2.24) is 0 Å². The second-order valence-electron chi connectivity index (χ2n) is 5.04. The Morgan fingerprint density at radius 1 is 0.900 bits per heavy atom. The first-order valence-corrected chi connectivity index (χ1v) is 6.34. The van der Waals surface area contributed by atoms with Crippen LogP contribution in [0.3, 0.4) is 0 Å². The summed E-state index contributed by atoms with van der Waals surface area (Å²) >= 11 is 0. The fourth-order valence-corrected chi connectivity index (χ4v) is 2.44. The second kappa shape index (κ2) is 4.20. The number of nitrogen functional groups attached to an aromatic ring is 1. The van der Waals surface area contributed by atoms with Crippen LogP contribution in [-0.4, -0.2) is 11.8 Å². The van der Waals surface area contributed by atoms with Crippen molar-refractivity contribution in [1.29, 1.82) is 0 Å². The van der Waals surface area contributed by atoms with Gasteiger partial charge in [0.1, 0.15) is 0 Å². The molecule has 20 heavy (non-hydrogen) atoms. The van der Waals surface area contributed by atoms with E-state index in [1.807, 2.05) is 32.0 Å². The van der Waals surface area contributed by atoms with Gasteiger partial charge in [-0.15, -0.1) is 0 Å². The van der Waals surface area contributed by atoms with Gasteiger partial charge in [0, 0.05) is 5.69 Å². The van der Waals surface area contributed by atoms with Gasteiger partial charge in [0.05, 0.1) is 16.8 Å². The smallest absolute Gasteiger partial charge is 0.266 e. The van der Waals surface area contributed by atoms with Gasteiger partial charge in [0.25, 0.3) is 11.8 Å². The summed E-state index contributed by atoms with van der Waals surface area (Å²) in [6.45, 7) is 3.81. The summed E-state index contributed by atoms with van der Waals surface area (Å²) in [6, 6.07) is 10.5. The van der Waals surface area contributed by atoms with Crippen LogP contribution in [0.1, 0.15) is 31.8 Å². The molecule has 3 rings (SSSR count). The van der Waals surface area contributed by atoms with Crippen molar-refractivity contribution in [3.63, 3.8) is 0 Å². The molecule has 0 fully saturated rings. The van der Waals surface area contributed by atoms with Crippen LogP contribution in [0.15, 0.2) is 36.4 Å². The predicted octanol–water partition coefficient (Wildman–Crippen LogP) is 2.69. The molecule has 1 aliphatic rings. The van der Waals surface area contributed by atoms with Crippen LogP contribution in [0.5, 0.6) is 0 Å². The lowest BCUT2D eigenvalue weighted by atomic mass is 10.1. The number of benzene rings is 2. The Kier molecular flexibility index (Phi) is 2.61. The Hall–Kier alpha value is -2.62. The van der Waals surface area contributed by atoms with Gasteiger partial charge >= 0.3 is 0 Å². The molecule has 2 aromatic rings. The van der Waals surface area contributed by atoms with Gasteiger partial charge in [-0.05, 0) is 49.2 Å². The molecule has 2 aromatic carbocycles. The minimum Gasteiger partial charge on any atom is -0.399 e. The zero-order valence-electron chi connectivity index (χ0n) is 11.3. The summed E-state index contributed by atoms with van der Waals surface area (Å²) in [5, 5.41) is 0. The van der Waals surface area contributed by atoms with Crippen molar-refractivity contribution in [2.45, 2.75) is 13.8 Å². The number of hydrogen-bond acceptors (Lipinski definition) is 3. The van der Waals surface area contributed by atoms with Crippen LogP contribution in [0.25, 0.3) is 0 Å². The number of nitrogens with zero attached hydrogens (tertiary/aromatic N) is 1. The van der Waals surface area contributed by atoms with Crippen LogP contribution in [-0.2, 0) is 0 Å². The number of fused-ring (bicyclic) bond motifs is 1. The molecule has 0 aliphatic carbocycles. The summed E-state index contributed by atoms with van der Waals surface area (Å²) in [6.07, 6.45) is 0. The third-order valence-corrected chi connectivity index (χ3v) is 3.52. The zero-order chi connectivity index (χ0) is 14.4. The topological polar surface area (TPSA) is 63.4 Å². The van der Waals surface area contributed by atoms with E-state index in [0.717, 1.165) is 11.1 Å². The zero-order valence-corrected chi connectivity index (χ0v) is 11.3. The standard InChI is InChI=1S/C16H14N2O2/c1-9-3-4-10(2)14(7-9)18-15(19)12-6-5-11(17)8-13(12)16(18)20/h3-8H,17H2,1-2H3. The maximum absolute atomic E-state index is 12.5. The molecule has 0 atom stereocenters. The Morgan fingerprint density at radius 2 is 1.60 bits per heavy atom. The van der Waals surface area contributed by atoms with Crippen molar-refractivity contribution >= 4 is 23.2 Å². The van der Waals surface area contributed by atoms with Crippen molar-refractivity contribution in [3.8, 4) is 0 Å². The van der Waals surface area contributed by atoms with Gasteiger partial charge in [0.15, 0.2) is 0 Å². The molecule has 0 aromatic heterocycles. The largest absolute Gasteiger partial charge is 0.399 e. The summed E-state index contributed by atoms with van der Waals surface area (Å²) in [5.74, 6) is -0.607. The van der Waals surface area contributed by atoms with E-state index in [1.165, 1.54) is 4.90 Å². The van der Waals surface area contributed by atoms with Gasteiger partial charge in [-0.1, -0.05) is 12.1 Å². The SMILES string of the molecule is Cc1ccc(C)c(N2C(=O)c3ccc(N)cc3C2=O)c1. The number of carbonyl (C=O) groups excluding carboxylic acids is 2. The van der Waals surface area contributed by atoms with Crippen molar-refractivity contribution in [2.75, 3.05) is 10.6 Å². The Labute approximate surface area is 116 Å². The highest BCUT2D eigenvalue weighted by Crippen LogP contribution is 2.31. The summed E-state index contributed by atoms with van der Waals surface area (Å²) < 4.78 is 0. The predicted molar refractivity (Wildman–Crippen MR) is 77.9 cm³/mol. The number of anilines is 2. The molecule has 1 aliphatic heterocycles. The number of imide groups is 1. The number of hydrogen-bond donors (Lipinski definition) is 1. The maximum atomic E-state index is 12.5. The van der Waals surface area contributed by atoms with E-state index in [9.17, 15) is 9.59 Å². The first-order chi connectivity index (χ1) is 9.49. The van der Waals surface area contributed by atoms with E-state index in [4.69, 9.17) is 5.73 Å². The van der Waals surface area contributed by atoms with Gasteiger partial charge < -0.3 is 5.73 Å². The van der Waals surface area contributed by atoms with E-state index < -0.39 is 0 Å². The number of amides is 2. The fourth-order valence-electron chi connectivity index (χ4n) is 2.44. The van der Waals surface area contributed by atoms with Crippen LogP contribution >= 0.6 is 0 Å². The average Bonchev–Trinajstić information content (AvgIpc) is 2.65. The first-order valence-electron chi connectivity index (χ1n) is 6.34. The van der Waals surface area contributed by atoms with E-state index >= 15 is 0 Å². The Morgan fingerprint density at radius 3 is 2.35 bits per heavy atom. The normalized spacial score (nSPS) is 13.8. The summed E-state index contributed by atoms with van der Waals surface area (Å²) in [4.78, 5) is 26.1. The number of carbonyl (C=O) groups is 2. The molecule has 0 saturated carbocycles. The van der Waals surface area contributed by atoms with Crippen molar-refractivity contribution in [3.05, 3.63) is 58.7 Å². The molecule has 100 valence electrons. The van der Waals surface area contributed by atoms with E-state index in [-0.39, 0.29) is 11.8 Å². The molecule has 0 unspecified atom stereocenters. The minimum atomic E-state index is -0.314. The summed E-state index contributed by atoms with van der Waals surface area (Å²) in [7, 11) is 0. The molecule has 0 spiro atoms. The quantitative estimate of drug-likeness (QED) is 0.637. The molecule has 0 radical (unpaired) electrons. The average molecular weight is 266 g/mol. The molecule has 4 heteroatoms. The molecule has 0 bridgehead atoms. The highest BCUT2D eigenvalue weighted by molar-refractivity contribution is 6.34. The molecule has 1 heterocycles. The van der Waals surface area contributed by atoms with Gasteiger partial charge in [-0.3, -0.25) is 9.59 Å². The highest BCUT2D eigenvalue weighted by Gasteiger charge is 2.37. The Balaban J connectivity index is 2.16. The van der Waals surface area contributed by atoms with Crippen LogP contribution in [0.4, 0.5) is 11.4 Å². The minimum absolute atomic E-state index is 0.293. The molecule has 0 saturated heterocycles. The van der Waals surface area contributed by atoms with E-state index in [2.05, 4.69) is 0 Å². The summed E-state index contributed by atoms with van der Waals surface area (Å²) in [5.41, 5.74) is 9.48. The van der Waals surface area contributed by atoms with E-state index in [0.29, 0.717) is 22.5 Å². The molecule has 2 amide bonds. The van der Waals surface area contributed by atoms with Crippen LogP contribution in [0.2, 0.25) is 0 Å².